The summed E-state index contributed by atoms with van der Waals surface area (Å²) in [6.45, 7) is 6.66. The molecule has 0 aromatic carbocycles. The van der Waals surface area contributed by atoms with E-state index in [9.17, 15) is 0 Å². The van der Waals surface area contributed by atoms with Gasteiger partial charge >= 0.3 is 0 Å². The Balaban J connectivity index is 2.11. The summed E-state index contributed by atoms with van der Waals surface area (Å²) >= 11 is 1.81. The Hall–Kier alpha value is -0.410. The standard InChI is InChI=1S/C13H22N2S/c1-4-10(5-2)12(15-11-6-7-11)13-14-9(3)8-16-13/h8,10-12,15H,4-7H2,1-3H3. The second kappa shape index (κ2) is 5.28. The number of nitrogens with one attached hydrogen (secondary N) is 1. The minimum atomic E-state index is 0.487. The van der Waals surface area contributed by atoms with Crippen LogP contribution in [0.4, 0.5) is 0 Å². The van der Waals surface area contributed by atoms with Crippen molar-refractivity contribution in [2.24, 2.45) is 5.92 Å². The smallest absolute Gasteiger partial charge is 0.110 e. The van der Waals surface area contributed by atoms with Crippen LogP contribution in [0.15, 0.2) is 5.38 Å². The van der Waals surface area contributed by atoms with Crippen molar-refractivity contribution in [3.05, 3.63) is 16.1 Å². The quantitative estimate of drug-likeness (QED) is 0.817. The molecule has 16 heavy (non-hydrogen) atoms. The molecule has 1 aliphatic carbocycles. The topological polar surface area (TPSA) is 24.9 Å². The number of rotatable bonds is 6. The molecule has 1 aromatic rings. The number of aromatic nitrogens is 1. The van der Waals surface area contributed by atoms with Crippen LogP contribution < -0.4 is 5.32 Å². The van der Waals surface area contributed by atoms with Crippen molar-refractivity contribution in [1.29, 1.82) is 0 Å². The summed E-state index contributed by atoms with van der Waals surface area (Å²) in [5.41, 5.74) is 1.16. The van der Waals surface area contributed by atoms with Gasteiger partial charge in [-0.05, 0) is 25.7 Å². The highest BCUT2D eigenvalue weighted by Gasteiger charge is 2.30. The van der Waals surface area contributed by atoms with E-state index in [0.29, 0.717) is 6.04 Å². The van der Waals surface area contributed by atoms with E-state index in [1.54, 1.807) is 0 Å². The molecular weight excluding hydrogens is 216 g/mol. The SMILES string of the molecule is CCC(CC)C(NC1CC1)c1nc(C)cs1. The Kier molecular flexibility index (Phi) is 3.98. The lowest BCUT2D eigenvalue weighted by Crippen LogP contribution is -2.29. The molecule has 0 radical (unpaired) electrons. The normalized spacial score (nSPS) is 18.0. The van der Waals surface area contributed by atoms with E-state index in [0.717, 1.165) is 17.7 Å². The van der Waals surface area contributed by atoms with Crippen LogP contribution in [0, 0.1) is 12.8 Å². The van der Waals surface area contributed by atoms with E-state index < -0.39 is 0 Å². The van der Waals surface area contributed by atoms with Gasteiger partial charge in [-0.15, -0.1) is 11.3 Å². The van der Waals surface area contributed by atoms with E-state index in [1.807, 2.05) is 11.3 Å². The minimum absolute atomic E-state index is 0.487. The molecule has 0 bridgehead atoms. The van der Waals surface area contributed by atoms with Crippen molar-refractivity contribution in [1.82, 2.24) is 10.3 Å². The summed E-state index contributed by atoms with van der Waals surface area (Å²) in [6.07, 6.45) is 5.17. The van der Waals surface area contributed by atoms with Crippen LogP contribution in [0.3, 0.4) is 0 Å². The number of aryl methyl sites for hydroxylation is 1. The van der Waals surface area contributed by atoms with E-state index in [4.69, 9.17) is 0 Å². The van der Waals surface area contributed by atoms with E-state index in [-0.39, 0.29) is 0 Å². The third-order valence-corrected chi connectivity index (χ3v) is 4.46. The van der Waals surface area contributed by atoms with E-state index in [2.05, 4.69) is 36.5 Å². The van der Waals surface area contributed by atoms with Gasteiger partial charge in [-0.2, -0.15) is 0 Å². The second-order valence-corrected chi connectivity index (χ2v) is 5.71. The summed E-state index contributed by atoms with van der Waals surface area (Å²) < 4.78 is 0. The predicted octanol–water partition coefficient (Wildman–Crippen LogP) is 3.68. The van der Waals surface area contributed by atoms with E-state index >= 15 is 0 Å². The first-order valence-corrected chi connectivity index (χ1v) is 7.30. The fraction of sp³-hybridized carbons (Fsp3) is 0.769. The van der Waals surface area contributed by atoms with Crippen LogP contribution >= 0.6 is 11.3 Å². The fourth-order valence-electron chi connectivity index (χ4n) is 2.19. The molecule has 1 heterocycles. The molecule has 1 aliphatic rings. The first-order chi connectivity index (χ1) is 7.74. The van der Waals surface area contributed by atoms with Crippen molar-refractivity contribution < 1.29 is 0 Å². The highest BCUT2D eigenvalue weighted by atomic mass is 32.1. The van der Waals surface area contributed by atoms with Gasteiger partial charge in [0.2, 0.25) is 0 Å². The largest absolute Gasteiger partial charge is 0.305 e. The zero-order valence-electron chi connectivity index (χ0n) is 10.5. The average molecular weight is 238 g/mol. The Morgan fingerprint density at radius 2 is 2.12 bits per heavy atom. The van der Waals surface area contributed by atoms with Crippen LogP contribution in [0.25, 0.3) is 0 Å². The summed E-state index contributed by atoms with van der Waals surface area (Å²) in [6, 6.07) is 1.25. The maximum Gasteiger partial charge on any atom is 0.110 e. The molecule has 1 atom stereocenters. The first-order valence-electron chi connectivity index (χ1n) is 6.42. The highest BCUT2D eigenvalue weighted by molar-refractivity contribution is 7.09. The average Bonchev–Trinajstić information content (AvgIpc) is 3.00. The Bertz CT molecular complexity index is 326. The van der Waals surface area contributed by atoms with Gasteiger partial charge in [-0.25, -0.2) is 4.98 Å². The Labute approximate surface area is 102 Å². The minimum Gasteiger partial charge on any atom is -0.305 e. The van der Waals surface area contributed by atoms with Crippen LogP contribution in [0.1, 0.15) is 56.3 Å². The molecule has 0 spiro atoms. The molecule has 0 saturated heterocycles. The predicted molar refractivity (Wildman–Crippen MR) is 69.8 cm³/mol. The third-order valence-electron chi connectivity index (χ3n) is 3.42. The van der Waals surface area contributed by atoms with Gasteiger partial charge in [0.25, 0.3) is 0 Å². The second-order valence-electron chi connectivity index (χ2n) is 4.82. The van der Waals surface area contributed by atoms with Gasteiger partial charge in [0, 0.05) is 17.1 Å². The van der Waals surface area contributed by atoms with Gasteiger partial charge in [0.1, 0.15) is 5.01 Å². The molecule has 1 unspecified atom stereocenters. The number of nitrogens with zero attached hydrogens (tertiary/aromatic N) is 1. The van der Waals surface area contributed by atoms with Gasteiger partial charge < -0.3 is 5.32 Å². The van der Waals surface area contributed by atoms with Gasteiger partial charge in [0.15, 0.2) is 0 Å². The molecular formula is C13H22N2S. The number of hydrogen-bond acceptors (Lipinski definition) is 3. The zero-order valence-corrected chi connectivity index (χ0v) is 11.3. The van der Waals surface area contributed by atoms with Crippen molar-refractivity contribution in [3.63, 3.8) is 0 Å². The van der Waals surface area contributed by atoms with Crippen LogP contribution in [-0.2, 0) is 0 Å². The molecule has 0 aliphatic heterocycles. The first kappa shape index (κ1) is 12.1. The monoisotopic (exact) mass is 238 g/mol. The summed E-state index contributed by atoms with van der Waals surface area (Å²) in [4.78, 5) is 4.66. The summed E-state index contributed by atoms with van der Waals surface area (Å²) in [7, 11) is 0. The molecule has 1 aromatic heterocycles. The van der Waals surface area contributed by atoms with Crippen LogP contribution in [0.2, 0.25) is 0 Å². The lowest BCUT2D eigenvalue weighted by Gasteiger charge is -2.24. The van der Waals surface area contributed by atoms with Gasteiger partial charge in [0.05, 0.1) is 6.04 Å². The van der Waals surface area contributed by atoms with Crippen LogP contribution in [0.5, 0.6) is 0 Å². The fourth-order valence-corrected chi connectivity index (χ4v) is 3.14. The molecule has 0 amide bonds. The number of hydrogen-bond donors (Lipinski definition) is 1. The molecule has 90 valence electrons. The summed E-state index contributed by atoms with van der Waals surface area (Å²) in [5.74, 6) is 0.728. The summed E-state index contributed by atoms with van der Waals surface area (Å²) in [5, 5.41) is 7.23. The van der Waals surface area contributed by atoms with Crippen molar-refractivity contribution in [3.8, 4) is 0 Å². The maximum atomic E-state index is 4.66. The molecule has 3 heteroatoms. The molecule has 1 fully saturated rings. The maximum absolute atomic E-state index is 4.66. The van der Waals surface area contributed by atoms with Gasteiger partial charge in [-0.1, -0.05) is 26.7 Å². The van der Waals surface area contributed by atoms with Crippen molar-refractivity contribution in [2.45, 2.75) is 58.5 Å². The zero-order chi connectivity index (χ0) is 11.5. The lowest BCUT2D eigenvalue weighted by molar-refractivity contribution is 0.337. The number of thiazole rings is 1. The molecule has 2 rings (SSSR count). The Morgan fingerprint density at radius 1 is 1.44 bits per heavy atom. The molecule has 2 nitrogen and oxygen atoms in total. The van der Waals surface area contributed by atoms with Crippen molar-refractivity contribution >= 4 is 11.3 Å². The van der Waals surface area contributed by atoms with Crippen LogP contribution in [-0.4, -0.2) is 11.0 Å². The lowest BCUT2D eigenvalue weighted by atomic mass is 9.94. The van der Waals surface area contributed by atoms with Crippen molar-refractivity contribution in [2.75, 3.05) is 0 Å². The van der Waals surface area contributed by atoms with Gasteiger partial charge in [-0.3, -0.25) is 0 Å². The van der Waals surface area contributed by atoms with E-state index in [1.165, 1.54) is 30.7 Å². The highest BCUT2D eigenvalue weighted by Crippen LogP contribution is 2.33. The third kappa shape index (κ3) is 2.83. The molecule has 1 saturated carbocycles. The molecule has 1 N–H and O–H groups in total. The Morgan fingerprint density at radius 3 is 2.56 bits per heavy atom.